The van der Waals surface area contributed by atoms with Crippen LogP contribution in [0.25, 0.3) is 0 Å². The predicted molar refractivity (Wildman–Crippen MR) is 41.0 cm³/mol. The van der Waals surface area contributed by atoms with Crippen molar-refractivity contribution in [2.24, 2.45) is 0 Å². The lowest BCUT2D eigenvalue weighted by atomic mass is 10.3. The summed E-state index contributed by atoms with van der Waals surface area (Å²) >= 11 is 0. The summed E-state index contributed by atoms with van der Waals surface area (Å²) in [4.78, 5) is 1.22. The van der Waals surface area contributed by atoms with Gasteiger partial charge in [-0.15, -0.1) is 0 Å². The first-order valence-corrected chi connectivity index (χ1v) is 4.87. The van der Waals surface area contributed by atoms with Gasteiger partial charge in [-0.05, 0) is 18.6 Å². The van der Waals surface area contributed by atoms with Crippen molar-refractivity contribution in [3.63, 3.8) is 0 Å². The lowest BCUT2D eigenvalue weighted by molar-refractivity contribution is 0.242. The molecule has 0 aliphatic rings. The molecular formula is C6H9NO4S. The molecule has 0 aromatic carbocycles. The molecule has 0 amide bonds. The van der Waals surface area contributed by atoms with E-state index in [1.54, 1.807) is 13.0 Å². The summed E-state index contributed by atoms with van der Waals surface area (Å²) in [5, 5.41) is 8.20. The van der Waals surface area contributed by atoms with Crippen molar-refractivity contribution in [2.45, 2.75) is 12.7 Å². The third-order valence-electron chi connectivity index (χ3n) is 1.43. The molecule has 0 fully saturated rings. The number of hydrogen-bond acceptors (Lipinski definition) is 4. The number of furan rings is 1. The van der Waals surface area contributed by atoms with E-state index in [1.807, 2.05) is 0 Å². The molecule has 0 aliphatic carbocycles. The topological polar surface area (TPSA) is 79.5 Å². The van der Waals surface area contributed by atoms with E-state index < -0.39 is 10.0 Å². The zero-order valence-corrected chi connectivity index (χ0v) is 7.26. The van der Waals surface area contributed by atoms with Crippen molar-refractivity contribution in [3.8, 4) is 0 Å². The van der Waals surface area contributed by atoms with Crippen molar-refractivity contribution in [1.82, 2.24) is 4.89 Å². The van der Waals surface area contributed by atoms with Crippen LogP contribution in [0.4, 0.5) is 0 Å². The minimum atomic E-state index is -3.65. The molecular weight excluding hydrogens is 182 g/mol. The van der Waals surface area contributed by atoms with Crippen LogP contribution in [0.3, 0.4) is 0 Å². The highest BCUT2D eigenvalue weighted by molar-refractivity contribution is 7.88. The Morgan fingerprint density at radius 1 is 1.67 bits per heavy atom. The first kappa shape index (κ1) is 9.24. The van der Waals surface area contributed by atoms with Crippen LogP contribution in [0.15, 0.2) is 16.7 Å². The predicted octanol–water partition coefficient (Wildman–Crippen LogP) is 0.397. The third kappa shape index (κ3) is 2.07. The van der Waals surface area contributed by atoms with Crippen LogP contribution < -0.4 is 4.89 Å². The van der Waals surface area contributed by atoms with Gasteiger partial charge in [-0.3, -0.25) is 0 Å². The standard InChI is InChI=1S/C6H9NO4S/c1-5-2-3-11-6(5)4-12(9,10)7-8/h2-3,7-8H,4H2,1H3. The van der Waals surface area contributed by atoms with E-state index in [0.29, 0.717) is 5.76 Å². The smallest absolute Gasteiger partial charge is 0.240 e. The number of aryl methyl sites for hydroxylation is 1. The van der Waals surface area contributed by atoms with E-state index in [4.69, 9.17) is 9.62 Å². The fraction of sp³-hybridized carbons (Fsp3) is 0.333. The molecule has 1 aromatic heterocycles. The van der Waals surface area contributed by atoms with Crippen LogP contribution >= 0.6 is 0 Å². The van der Waals surface area contributed by atoms with Crippen LogP contribution in [0.2, 0.25) is 0 Å². The van der Waals surface area contributed by atoms with E-state index in [0.717, 1.165) is 5.56 Å². The van der Waals surface area contributed by atoms with E-state index in [1.165, 1.54) is 11.1 Å². The molecule has 6 heteroatoms. The normalized spacial score (nSPS) is 11.8. The average Bonchev–Trinajstić information content (AvgIpc) is 2.36. The monoisotopic (exact) mass is 191 g/mol. The van der Waals surface area contributed by atoms with Gasteiger partial charge in [0.2, 0.25) is 10.0 Å². The molecule has 1 rings (SSSR count). The van der Waals surface area contributed by atoms with E-state index >= 15 is 0 Å². The van der Waals surface area contributed by atoms with Gasteiger partial charge in [0.25, 0.3) is 0 Å². The van der Waals surface area contributed by atoms with E-state index in [-0.39, 0.29) is 5.75 Å². The largest absolute Gasteiger partial charge is 0.468 e. The Bertz CT molecular complexity index is 353. The van der Waals surface area contributed by atoms with Crippen molar-refractivity contribution in [3.05, 3.63) is 23.7 Å². The lowest BCUT2D eigenvalue weighted by Crippen LogP contribution is -2.21. The van der Waals surface area contributed by atoms with Crippen molar-refractivity contribution in [1.29, 1.82) is 0 Å². The molecule has 0 aliphatic heterocycles. The number of rotatable bonds is 3. The Balaban J connectivity index is 2.84. The molecule has 68 valence electrons. The fourth-order valence-corrected chi connectivity index (χ4v) is 1.46. The molecule has 0 saturated heterocycles. The lowest BCUT2D eigenvalue weighted by Gasteiger charge is -1.98. The second kappa shape index (κ2) is 3.26. The molecule has 0 unspecified atom stereocenters. The minimum absolute atomic E-state index is 0.330. The SMILES string of the molecule is Cc1ccoc1CS(=O)(=O)NO. The highest BCUT2D eigenvalue weighted by Crippen LogP contribution is 2.11. The fourth-order valence-electron chi connectivity index (χ4n) is 0.757. The second-order valence-corrected chi connectivity index (χ2v) is 4.08. The van der Waals surface area contributed by atoms with Crippen molar-refractivity contribution in [2.75, 3.05) is 0 Å². The number of sulfonamides is 1. The van der Waals surface area contributed by atoms with E-state index in [9.17, 15) is 8.42 Å². The van der Waals surface area contributed by atoms with Gasteiger partial charge in [0.05, 0.1) is 6.26 Å². The maximum Gasteiger partial charge on any atom is 0.240 e. The van der Waals surface area contributed by atoms with Crippen molar-refractivity contribution < 1.29 is 18.0 Å². The molecule has 0 atom stereocenters. The Morgan fingerprint density at radius 2 is 2.33 bits per heavy atom. The number of hydrogen-bond donors (Lipinski definition) is 2. The zero-order valence-electron chi connectivity index (χ0n) is 6.44. The average molecular weight is 191 g/mol. The van der Waals surface area contributed by atoms with Gasteiger partial charge in [-0.25, -0.2) is 8.42 Å². The third-order valence-corrected chi connectivity index (χ3v) is 2.35. The van der Waals surface area contributed by atoms with Crippen LogP contribution in [0, 0.1) is 6.92 Å². The Kier molecular flexibility index (Phi) is 2.51. The van der Waals surface area contributed by atoms with Crippen LogP contribution in [0.5, 0.6) is 0 Å². The summed E-state index contributed by atoms with van der Waals surface area (Å²) in [7, 11) is -3.65. The molecule has 2 N–H and O–H groups in total. The van der Waals surface area contributed by atoms with Gasteiger partial charge in [-0.2, -0.15) is 0 Å². The molecule has 0 spiro atoms. The van der Waals surface area contributed by atoms with Crippen LogP contribution in [-0.2, 0) is 15.8 Å². The summed E-state index contributed by atoms with van der Waals surface area (Å²) in [6.45, 7) is 1.73. The molecule has 5 nitrogen and oxygen atoms in total. The minimum Gasteiger partial charge on any atom is -0.468 e. The summed E-state index contributed by atoms with van der Waals surface area (Å²) < 4.78 is 26.5. The Labute approximate surface area is 70.0 Å². The zero-order chi connectivity index (χ0) is 9.19. The summed E-state index contributed by atoms with van der Waals surface area (Å²) in [6.07, 6.45) is 1.40. The van der Waals surface area contributed by atoms with Gasteiger partial charge < -0.3 is 9.62 Å². The molecule has 1 heterocycles. The Hall–Kier alpha value is -0.850. The summed E-state index contributed by atoms with van der Waals surface area (Å²) in [6, 6.07) is 1.65. The highest BCUT2D eigenvalue weighted by Gasteiger charge is 2.13. The maximum absolute atomic E-state index is 10.8. The summed E-state index contributed by atoms with van der Waals surface area (Å²) in [5.41, 5.74) is 0.744. The van der Waals surface area contributed by atoms with Crippen LogP contribution in [0.1, 0.15) is 11.3 Å². The molecule has 12 heavy (non-hydrogen) atoms. The Morgan fingerprint density at radius 3 is 2.75 bits per heavy atom. The molecule has 0 radical (unpaired) electrons. The molecule has 0 bridgehead atoms. The second-order valence-electron chi connectivity index (χ2n) is 2.38. The van der Waals surface area contributed by atoms with Crippen molar-refractivity contribution >= 4 is 10.0 Å². The summed E-state index contributed by atoms with van der Waals surface area (Å²) in [5.74, 6) is -0.0148. The number of nitrogens with one attached hydrogen (secondary N) is 1. The molecule has 1 aromatic rings. The quantitative estimate of drug-likeness (QED) is 0.677. The highest BCUT2D eigenvalue weighted by atomic mass is 32.2. The van der Waals surface area contributed by atoms with Gasteiger partial charge in [0.15, 0.2) is 0 Å². The molecule has 0 saturated carbocycles. The van der Waals surface area contributed by atoms with E-state index in [2.05, 4.69) is 0 Å². The van der Waals surface area contributed by atoms with Gasteiger partial charge in [0.1, 0.15) is 11.5 Å². The first-order valence-electron chi connectivity index (χ1n) is 3.22. The van der Waals surface area contributed by atoms with Crippen LogP contribution in [-0.4, -0.2) is 13.6 Å². The van der Waals surface area contributed by atoms with Gasteiger partial charge >= 0.3 is 0 Å². The van der Waals surface area contributed by atoms with Gasteiger partial charge in [0, 0.05) is 0 Å². The van der Waals surface area contributed by atoms with Gasteiger partial charge in [-0.1, -0.05) is 4.89 Å². The maximum atomic E-state index is 10.8. The first-order chi connectivity index (χ1) is 5.55.